The van der Waals surface area contributed by atoms with Gasteiger partial charge in [0.15, 0.2) is 0 Å². The van der Waals surface area contributed by atoms with E-state index < -0.39 is 0 Å². The van der Waals surface area contributed by atoms with Gasteiger partial charge in [0.25, 0.3) is 5.91 Å². The summed E-state index contributed by atoms with van der Waals surface area (Å²) in [5.41, 5.74) is 2.22. The first-order valence-electron chi connectivity index (χ1n) is 8.21. The first-order valence-corrected chi connectivity index (χ1v) is 8.59. The minimum Gasteiger partial charge on any atom is -0.367 e. The van der Waals surface area contributed by atoms with Crippen LogP contribution in [0.5, 0.6) is 0 Å². The van der Waals surface area contributed by atoms with E-state index in [1.165, 1.54) is 6.92 Å². The van der Waals surface area contributed by atoms with Crippen molar-refractivity contribution < 1.29 is 9.59 Å². The van der Waals surface area contributed by atoms with Crippen molar-refractivity contribution >= 4 is 34.8 Å². The van der Waals surface area contributed by atoms with Crippen LogP contribution in [0.25, 0.3) is 0 Å². The van der Waals surface area contributed by atoms with Gasteiger partial charge in [-0.15, -0.1) is 0 Å². The Bertz CT molecular complexity index is 786. The molecule has 3 rings (SSSR count). The summed E-state index contributed by atoms with van der Waals surface area (Å²) in [6, 6.07) is 14.8. The van der Waals surface area contributed by atoms with Crippen molar-refractivity contribution in [2.45, 2.75) is 6.92 Å². The van der Waals surface area contributed by atoms with Gasteiger partial charge < -0.3 is 15.1 Å². The normalized spacial score (nSPS) is 14.3. The van der Waals surface area contributed by atoms with Gasteiger partial charge in [-0.1, -0.05) is 29.8 Å². The van der Waals surface area contributed by atoms with Crippen molar-refractivity contribution in [3.8, 4) is 0 Å². The van der Waals surface area contributed by atoms with Crippen LogP contribution in [0, 0.1) is 0 Å². The predicted molar refractivity (Wildman–Crippen MR) is 100 cm³/mol. The third-order valence-corrected chi connectivity index (χ3v) is 4.51. The molecule has 1 fully saturated rings. The SMILES string of the molecule is CC(=O)Nc1cccc(C(=O)N2CCN(c3ccccc3Cl)CC2)c1. The molecule has 0 unspecified atom stereocenters. The van der Waals surface area contributed by atoms with Crippen LogP contribution >= 0.6 is 11.6 Å². The molecule has 0 bridgehead atoms. The van der Waals surface area contributed by atoms with Crippen LogP contribution in [0.4, 0.5) is 11.4 Å². The minimum atomic E-state index is -0.155. The van der Waals surface area contributed by atoms with Crippen LogP contribution in [-0.4, -0.2) is 42.9 Å². The number of nitrogens with zero attached hydrogens (tertiary/aromatic N) is 2. The molecule has 2 amide bonds. The van der Waals surface area contributed by atoms with E-state index in [2.05, 4.69) is 10.2 Å². The lowest BCUT2D eigenvalue weighted by molar-refractivity contribution is -0.114. The van der Waals surface area contributed by atoms with Gasteiger partial charge in [-0.2, -0.15) is 0 Å². The number of piperazine rings is 1. The van der Waals surface area contributed by atoms with E-state index in [0.29, 0.717) is 24.3 Å². The molecule has 5 nitrogen and oxygen atoms in total. The van der Waals surface area contributed by atoms with Crippen LogP contribution in [0.1, 0.15) is 17.3 Å². The molecule has 6 heteroatoms. The summed E-state index contributed by atoms with van der Waals surface area (Å²) >= 11 is 6.25. The number of carbonyl (C=O) groups is 2. The predicted octanol–water partition coefficient (Wildman–Crippen LogP) is 3.26. The van der Waals surface area contributed by atoms with Crippen LogP contribution in [0.3, 0.4) is 0 Å². The van der Waals surface area contributed by atoms with E-state index in [4.69, 9.17) is 11.6 Å². The van der Waals surface area contributed by atoms with Crippen LogP contribution in [-0.2, 0) is 4.79 Å². The summed E-state index contributed by atoms with van der Waals surface area (Å²) in [7, 11) is 0. The average molecular weight is 358 g/mol. The van der Waals surface area contributed by atoms with Gasteiger partial charge in [-0.05, 0) is 30.3 Å². The van der Waals surface area contributed by atoms with Gasteiger partial charge in [0.2, 0.25) is 5.91 Å². The highest BCUT2D eigenvalue weighted by molar-refractivity contribution is 6.33. The number of amides is 2. The molecule has 130 valence electrons. The molecule has 0 radical (unpaired) electrons. The topological polar surface area (TPSA) is 52.7 Å². The molecule has 25 heavy (non-hydrogen) atoms. The molecule has 2 aromatic rings. The molecule has 1 saturated heterocycles. The number of benzene rings is 2. The molecule has 0 aliphatic carbocycles. The first-order chi connectivity index (χ1) is 12.0. The largest absolute Gasteiger partial charge is 0.367 e. The van der Waals surface area contributed by atoms with Crippen molar-refractivity contribution in [3.05, 3.63) is 59.1 Å². The third kappa shape index (κ3) is 4.12. The minimum absolute atomic E-state index is 0.0222. The van der Waals surface area contributed by atoms with Gasteiger partial charge in [-0.25, -0.2) is 0 Å². The van der Waals surface area contributed by atoms with Gasteiger partial charge >= 0.3 is 0 Å². The van der Waals surface area contributed by atoms with Crippen molar-refractivity contribution in [1.82, 2.24) is 4.90 Å². The monoisotopic (exact) mass is 357 g/mol. The number of rotatable bonds is 3. The van der Waals surface area contributed by atoms with E-state index in [1.807, 2.05) is 29.2 Å². The molecule has 0 spiro atoms. The van der Waals surface area contributed by atoms with Crippen LogP contribution < -0.4 is 10.2 Å². The molecular formula is C19H20ClN3O2. The van der Waals surface area contributed by atoms with Gasteiger partial charge in [-0.3, -0.25) is 9.59 Å². The maximum absolute atomic E-state index is 12.7. The number of nitrogens with one attached hydrogen (secondary N) is 1. The fourth-order valence-corrected chi connectivity index (χ4v) is 3.23. The zero-order valence-electron chi connectivity index (χ0n) is 14.0. The number of halogens is 1. The highest BCUT2D eigenvalue weighted by Crippen LogP contribution is 2.26. The summed E-state index contributed by atoms with van der Waals surface area (Å²) in [6.45, 7) is 4.19. The molecular weight excluding hydrogens is 338 g/mol. The van der Waals surface area contributed by atoms with Crippen molar-refractivity contribution in [1.29, 1.82) is 0 Å². The second kappa shape index (κ2) is 7.57. The van der Waals surface area contributed by atoms with E-state index >= 15 is 0 Å². The summed E-state index contributed by atoms with van der Waals surface area (Å²) in [6.07, 6.45) is 0. The highest BCUT2D eigenvalue weighted by Gasteiger charge is 2.23. The Morgan fingerprint density at radius 2 is 1.72 bits per heavy atom. The van der Waals surface area contributed by atoms with E-state index in [1.54, 1.807) is 24.3 Å². The van der Waals surface area contributed by atoms with Crippen molar-refractivity contribution in [2.75, 3.05) is 36.4 Å². The summed E-state index contributed by atoms with van der Waals surface area (Å²) in [4.78, 5) is 27.9. The molecule has 0 saturated carbocycles. The lowest BCUT2D eigenvalue weighted by Crippen LogP contribution is -2.48. The van der Waals surface area contributed by atoms with E-state index in [9.17, 15) is 9.59 Å². The highest BCUT2D eigenvalue weighted by atomic mass is 35.5. The Balaban J connectivity index is 1.66. The Kier molecular flexibility index (Phi) is 5.24. The number of hydrogen-bond acceptors (Lipinski definition) is 3. The summed E-state index contributed by atoms with van der Waals surface area (Å²) < 4.78 is 0. The molecule has 0 atom stereocenters. The number of carbonyl (C=O) groups excluding carboxylic acids is 2. The van der Waals surface area contributed by atoms with E-state index in [0.717, 1.165) is 23.8 Å². The van der Waals surface area contributed by atoms with E-state index in [-0.39, 0.29) is 11.8 Å². The van der Waals surface area contributed by atoms with Crippen LogP contribution in [0.2, 0.25) is 5.02 Å². The number of para-hydroxylation sites is 1. The number of anilines is 2. The first kappa shape index (κ1) is 17.3. The van der Waals surface area contributed by atoms with Gasteiger partial charge in [0.05, 0.1) is 10.7 Å². The molecule has 1 aliphatic heterocycles. The van der Waals surface area contributed by atoms with Crippen molar-refractivity contribution in [3.63, 3.8) is 0 Å². The maximum Gasteiger partial charge on any atom is 0.254 e. The molecule has 1 heterocycles. The molecule has 0 aromatic heterocycles. The zero-order chi connectivity index (χ0) is 17.8. The van der Waals surface area contributed by atoms with Crippen LogP contribution in [0.15, 0.2) is 48.5 Å². The Morgan fingerprint density at radius 3 is 2.40 bits per heavy atom. The van der Waals surface area contributed by atoms with Crippen molar-refractivity contribution in [2.24, 2.45) is 0 Å². The van der Waals surface area contributed by atoms with Gasteiger partial charge in [0, 0.05) is 44.4 Å². The second-order valence-corrected chi connectivity index (χ2v) is 6.40. The third-order valence-electron chi connectivity index (χ3n) is 4.19. The van der Waals surface area contributed by atoms with Gasteiger partial charge in [0.1, 0.15) is 0 Å². The molecule has 1 N–H and O–H groups in total. The molecule has 2 aromatic carbocycles. The Morgan fingerprint density at radius 1 is 1.00 bits per heavy atom. The smallest absolute Gasteiger partial charge is 0.254 e. The molecule has 1 aliphatic rings. The standard InChI is InChI=1S/C19H20ClN3O2/c1-14(24)21-16-6-4-5-15(13-16)19(25)23-11-9-22(10-12-23)18-8-3-2-7-17(18)20/h2-8,13H,9-12H2,1H3,(H,21,24). The lowest BCUT2D eigenvalue weighted by atomic mass is 10.1. The maximum atomic E-state index is 12.7. The second-order valence-electron chi connectivity index (χ2n) is 5.99. The fraction of sp³-hybridized carbons (Fsp3) is 0.263. The number of hydrogen-bond donors (Lipinski definition) is 1. The zero-order valence-corrected chi connectivity index (χ0v) is 14.8. The quantitative estimate of drug-likeness (QED) is 0.917. The summed E-state index contributed by atoms with van der Waals surface area (Å²) in [5, 5.41) is 3.43. The summed E-state index contributed by atoms with van der Waals surface area (Å²) in [5.74, 6) is -0.177. The average Bonchev–Trinajstić information content (AvgIpc) is 2.61. The lowest BCUT2D eigenvalue weighted by Gasteiger charge is -2.36. The fourth-order valence-electron chi connectivity index (χ4n) is 2.97. The Hall–Kier alpha value is -2.53. The Labute approximate surface area is 152 Å².